The van der Waals surface area contributed by atoms with Crippen LogP contribution in [0.5, 0.6) is 17.2 Å². The van der Waals surface area contributed by atoms with Crippen molar-refractivity contribution >= 4 is 17.9 Å². The van der Waals surface area contributed by atoms with Gasteiger partial charge in [-0.3, -0.25) is 4.79 Å². The molecule has 6 nitrogen and oxygen atoms in total. The smallest absolute Gasteiger partial charge is 0.153 e. The van der Waals surface area contributed by atoms with E-state index in [1.807, 2.05) is 24.3 Å². The van der Waals surface area contributed by atoms with Crippen molar-refractivity contribution in [3.05, 3.63) is 75.8 Å². The van der Waals surface area contributed by atoms with Crippen LogP contribution in [-0.4, -0.2) is 55.7 Å². The number of hydrogen-bond acceptors (Lipinski definition) is 6. The third-order valence-electron chi connectivity index (χ3n) is 8.56. The molecule has 2 heterocycles. The summed E-state index contributed by atoms with van der Waals surface area (Å²) in [6.07, 6.45) is 5.27. The number of benzene rings is 3. The van der Waals surface area contributed by atoms with Crippen LogP contribution in [0.15, 0.2) is 48.5 Å². The highest BCUT2D eigenvalue weighted by molar-refractivity contribution is 6.32. The highest BCUT2D eigenvalue weighted by Gasteiger charge is 2.38. The maximum atomic E-state index is 11.0. The van der Waals surface area contributed by atoms with Crippen LogP contribution in [0.25, 0.3) is 11.1 Å². The molecule has 0 aromatic heterocycles. The van der Waals surface area contributed by atoms with Gasteiger partial charge in [0.1, 0.15) is 23.9 Å². The molecular weight excluding hydrogens is 526 g/mol. The zero-order chi connectivity index (χ0) is 28.1. The summed E-state index contributed by atoms with van der Waals surface area (Å²) < 4.78 is 17.8. The minimum absolute atomic E-state index is 0.132. The quantitative estimate of drug-likeness (QED) is 0.212. The van der Waals surface area contributed by atoms with Gasteiger partial charge >= 0.3 is 0 Å². The van der Waals surface area contributed by atoms with Gasteiger partial charge in [-0.1, -0.05) is 41.9 Å². The van der Waals surface area contributed by atoms with E-state index in [-0.39, 0.29) is 22.9 Å². The predicted octanol–water partition coefficient (Wildman–Crippen LogP) is 6.99. The van der Waals surface area contributed by atoms with Crippen molar-refractivity contribution in [2.24, 2.45) is 5.41 Å². The van der Waals surface area contributed by atoms with E-state index in [9.17, 15) is 9.90 Å². The fraction of sp³-hybridized carbons (Fsp3) is 0.424. The molecule has 0 atom stereocenters. The molecule has 3 aromatic carbocycles. The molecule has 40 heavy (non-hydrogen) atoms. The molecule has 0 radical (unpaired) electrons. The van der Waals surface area contributed by atoms with Crippen molar-refractivity contribution in [1.82, 2.24) is 4.90 Å². The number of carbonyl (C=O) groups excluding carboxylic acids is 1. The normalized spacial score (nSPS) is 16.8. The minimum atomic E-state index is -0.156. The van der Waals surface area contributed by atoms with E-state index in [2.05, 4.69) is 30.9 Å². The van der Waals surface area contributed by atoms with Crippen molar-refractivity contribution in [2.45, 2.75) is 46.1 Å². The summed E-state index contributed by atoms with van der Waals surface area (Å²) in [5, 5.41) is 10.3. The van der Waals surface area contributed by atoms with E-state index in [0.717, 1.165) is 59.7 Å². The molecule has 0 aliphatic carbocycles. The number of ether oxygens (including phenoxy) is 3. The van der Waals surface area contributed by atoms with E-state index in [1.54, 1.807) is 0 Å². The summed E-state index contributed by atoms with van der Waals surface area (Å²) in [6.45, 7) is 10.4. The summed E-state index contributed by atoms with van der Waals surface area (Å²) in [7, 11) is 0. The van der Waals surface area contributed by atoms with Gasteiger partial charge in [-0.25, -0.2) is 0 Å². The van der Waals surface area contributed by atoms with Gasteiger partial charge in [0.2, 0.25) is 0 Å². The second-order valence-corrected chi connectivity index (χ2v) is 11.5. The SMILES string of the molecule is Cc1c(COc2cc(O)c(C=O)cc2Cl)cccc1-c1cccc(OCCCN2CCC3(CCOCC3)C2)c1C. The molecule has 2 aliphatic heterocycles. The van der Waals surface area contributed by atoms with Crippen LogP contribution in [0.2, 0.25) is 5.02 Å². The first-order valence-electron chi connectivity index (χ1n) is 14.1. The first-order valence-corrected chi connectivity index (χ1v) is 14.5. The number of phenolic OH excluding ortho intramolecular Hbond substituents is 1. The van der Waals surface area contributed by atoms with Gasteiger partial charge < -0.3 is 24.2 Å². The molecule has 0 unspecified atom stereocenters. The van der Waals surface area contributed by atoms with Crippen molar-refractivity contribution < 1.29 is 24.1 Å². The van der Waals surface area contributed by atoms with Crippen LogP contribution in [0.4, 0.5) is 0 Å². The molecule has 5 rings (SSSR count). The molecule has 2 aliphatic rings. The summed E-state index contributed by atoms with van der Waals surface area (Å²) in [4.78, 5) is 13.6. The van der Waals surface area contributed by atoms with Crippen LogP contribution in [0.3, 0.4) is 0 Å². The lowest BCUT2D eigenvalue weighted by Crippen LogP contribution is -2.33. The average molecular weight is 564 g/mol. The van der Waals surface area contributed by atoms with Crippen LogP contribution in [-0.2, 0) is 11.3 Å². The van der Waals surface area contributed by atoms with E-state index in [1.165, 1.54) is 44.5 Å². The number of aromatic hydroxyl groups is 1. The van der Waals surface area contributed by atoms with Crippen LogP contribution in [0.1, 0.15) is 52.7 Å². The molecule has 2 saturated heterocycles. The third-order valence-corrected chi connectivity index (χ3v) is 8.85. The second-order valence-electron chi connectivity index (χ2n) is 11.1. The Kier molecular flexibility index (Phi) is 8.99. The molecule has 1 N–H and O–H groups in total. The molecular formula is C33H38ClNO5. The van der Waals surface area contributed by atoms with Gasteiger partial charge in [0.15, 0.2) is 6.29 Å². The van der Waals surface area contributed by atoms with Gasteiger partial charge in [0, 0.05) is 32.4 Å². The highest BCUT2D eigenvalue weighted by atomic mass is 35.5. The Bertz CT molecular complexity index is 1350. The molecule has 1 spiro atoms. The summed E-state index contributed by atoms with van der Waals surface area (Å²) >= 11 is 6.26. The van der Waals surface area contributed by atoms with Crippen molar-refractivity contribution in [1.29, 1.82) is 0 Å². The van der Waals surface area contributed by atoms with Crippen molar-refractivity contribution in [3.8, 4) is 28.4 Å². The zero-order valence-corrected chi connectivity index (χ0v) is 24.1. The summed E-state index contributed by atoms with van der Waals surface area (Å²) in [5.74, 6) is 1.09. The van der Waals surface area contributed by atoms with Gasteiger partial charge in [0.05, 0.1) is 17.2 Å². The molecule has 3 aromatic rings. The number of likely N-dealkylation sites (tertiary alicyclic amines) is 1. The first kappa shape index (κ1) is 28.5. The van der Waals surface area contributed by atoms with Crippen molar-refractivity contribution in [2.75, 3.05) is 39.5 Å². The Hall–Kier alpha value is -3.06. The number of hydrogen-bond donors (Lipinski definition) is 1. The predicted molar refractivity (Wildman–Crippen MR) is 158 cm³/mol. The lowest BCUT2D eigenvalue weighted by Gasteiger charge is -2.33. The number of phenols is 1. The Labute approximate surface area is 241 Å². The number of rotatable bonds is 10. The Balaban J connectivity index is 1.20. The lowest BCUT2D eigenvalue weighted by atomic mass is 9.80. The average Bonchev–Trinajstić information content (AvgIpc) is 3.34. The molecule has 0 amide bonds. The van der Waals surface area contributed by atoms with Crippen LogP contribution < -0.4 is 9.47 Å². The Morgan fingerprint density at radius 2 is 1.75 bits per heavy atom. The number of nitrogens with zero attached hydrogens (tertiary/aromatic N) is 1. The lowest BCUT2D eigenvalue weighted by molar-refractivity contribution is 0.0192. The van der Waals surface area contributed by atoms with E-state index in [4.69, 9.17) is 25.8 Å². The molecule has 0 saturated carbocycles. The molecule has 212 valence electrons. The summed E-state index contributed by atoms with van der Waals surface area (Å²) in [5.41, 5.74) is 6.08. The molecule has 2 fully saturated rings. The van der Waals surface area contributed by atoms with Crippen molar-refractivity contribution in [3.63, 3.8) is 0 Å². The standard InChI is InChI=1S/C33H38ClNO5/c1-23-25(21-40-32-19-30(37)26(20-36)18-29(32)34)6-3-7-27(23)28-8-4-9-31(24(28)2)39-15-5-13-35-14-10-33(22-35)11-16-38-17-12-33/h3-4,6-9,18-20,37H,5,10-17,21-22H2,1-2H3. The fourth-order valence-electron chi connectivity index (χ4n) is 6.01. The molecule has 0 bridgehead atoms. The monoisotopic (exact) mass is 563 g/mol. The molecule has 7 heteroatoms. The highest BCUT2D eigenvalue weighted by Crippen LogP contribution is 2.40. The maximum Gasteiger partial charge on any atom is 0.153 e. The van der Waals surface area contributed by atoms with Gasteiger partial charge in [-0.15, -0.1) is 0 Å². The number of carbonyl (C=O) groups is 1. The van der Waals surface area contributed by atoms with E-state index in [0.29, 0.717) is 24.1 Å². The van der Waals surface area contributed by atoms with E-state index < -0.39 is 0 Å². The van der Waals surface area contributed by atoms with Gasteiger partial charge in [-0.2, -0.15) is 0 Å². The minimum Gasteiger partial charge on any atom is -0.507 e. The first-order chi connectivity index (χ1) is 19.4. The van der Waals surface area contributed by atoms with Gasteiger partial charge in [0.25, 0.3) is 0 Å². The maximum absolute atomic E-state index is 11.0. The summed E-state index contributed by atoms with van der Waals surface area (Å²) in [6, 6.07) is 15.2. The van der Waals surface area contributed by atoms with Gasteiger partial charge in [-0.05, 0) is 91.4 Å². The number of halogens is 1. The number of aldehydes is 1. The topological polar surface area (TPSA) is 68.2 Å². The van der Waals surface area contributed by atoms with Crippen LogP contribution >= 0.6 is 11.6 Å². The zero-order valence-electron chi connectivity index (χ0n) is 23.4. The fourth-order valence-corrected chi connectivity index (χ4v) is 6.24. The largest absolute Gasteiger partial charge is 0.507 e. The van der Waals surface area contributed by atoms with E-state index >= 15 is 0 Å². The second kappa shape index (κ2) is 12.6. The Morgan fingerprint density at radius 3 is 2.52 bits per heavy atom. The van der Waals surface area contributed by atoms with Crippen LogP contribution in [0, 0.1) is 19.3 Å². The Morgan fingerprint density at radius 1 is 1.00 bits per heavy atom. The third kappa shape index (κ3) is 6.30.